The van der Waals surface area contributed by atoms with Crippen molar-refractivity contribution in [2.45, 2.75) is 11.8 Å². The lowest BCUT2D eigenvalue weighted by Gasteiger charge is -2.12. The maximum Gasteiger partial charge on any atom is 0.265 e. The first-order valence-corrected chi connectivity index (χ1v) is 9.16. The molecule has 0 saturated carbocycles. The Morgan fingerprint density at radius 3 is 2.73 bits per heavy atom. The van der Waals surface area contributed by atoms with Crippen LogP contribution in [0.15, 0.2) is 40.6 Å². The standard InChI is InChI=1S/C14H15ClN2O3S2/c1-3-17(2)22(19,20)12-8-13(21-9-12)14(18)16-11-6-4-5-10(15)7-11/h4-9H,3H2,1-2H3,(H,16,18). The smallest absolute Gasteiger partial charge is 0.265 e. The number of amides is 1. The van der Waals surface area contributed by atoms with Crippen LogP contribution in [0.2, 0.25) is 5.02 Å². The molecule has 118 valence electrons. The fraction of sp³-hybridized carbons (Fsp3) is 0.214. The minimum Gasteiger partial charge on any atom is -0.321 e. The summed E-state index contributed by atoms with van der Waals surface area (Å²) < 4.78 is 25.6. The van der Waals surface area contributed by atoms with Crippen LogP contribution in [0, 0.1) is 0 Å². The lowest BCUT2D eigenvalue weighted by Crippen LogP contribution is -2.26. The minimum absolute atomic E-state index is 0.123. The molecule has 0 radical (unpaired) electrons. The molecule has 8 heteroatoms. The fourth-order valence-corrected chi connectivity index (χ4v) is 4.21. The molecule has 2 aromatic rings. The van der Waals surface area contributed by atoms with Crippen molar-refractivity contribution < 1.29 is 13.2 Å². The average molecular weight is 359 g/mol. The highest BCUT2D eigenvalue weighted by molar-refractivity contribution is 7.89. The summed E-state index contributed by atoms with van der Waals surface area (Å²) in [5.74, 6) is -0.368. The molecule has 0 spiro atoms. The molecule has 0 saturated heterocycles. The van der Waals surface area contributed by atoms with Gasteiger partial charge < -0.3 is 5.32 Å². The first-order valence-electron chi connectivity index (χ1n) is 6.46. The quantitative estimate of drug-likeness (QED) is 0.891. The Labute approximate surface area is 138 Å². The number of hydrogen-bond donors (Lipinski definition) is 1. The zero-order valence-corrected chi connectivity index (χ0v) is 14.4. The van der Waals surface area contributed by atoms with Crippen molar-refractivity contribution in [1.82, 2.24) is 4.31 Å². The molecule has 5 nitrogen and oxygen atoms in total. The Morgan fingerprint density at radius 2 is 2.09 bits per heavy atom. The van der Waals surface area contributed by atoms with Gasteiger partial charge in [-0.2, -0.15) is 0 Å². The predicted octanol–water partition coefficient (Wildman–Crippen LogP) is 3.29. The summed E-state index contributed by atoms with van der Waals surface area (Å²) in [6.07, 6.45) is 0. The van der Waals surface area contributed by atoms with Gasteiger partial charge in [-0.3, -0.25) is 4.79 Å². The third-order valence-corrected chi connectivity index (χ3v) is 6.26. The number of halogens is 1. The maximum atomic E-state index is 12.2. The zero-order chi connectivity index (χ0) is 16.3. The Morgan fingerprint density at radius 1 is 1.36 bits per heavy atom. The molecular formula is C14H15ClN2O3S2. The monoisotopic (exact) mass is 358 g/mol. The van der Waals surface area contributed by atoms with Gasteiger partial charge in [-0.05, 0) is 24.3 Å². The highest BCUT2D eigenvalue weighted by atomic mass is 35.5. The van der Waals surface area contributed by atoms with Crippen LogP contribution in [0.1, 0.15) is 16.6 Å². The first-order chi connectivity index (χ1) is 10.3. The summed E-state index contributed by atoms with van der Waals surface area (Å²) in [5.41, 5.74) is 0.556. The highest BCUT2D eigenvalue weighted by Gasteiger charge is 2.22. The van der Waals surface area contributed by atoms with Gasteiger partial charge in [0.2, 0.25) is 10.0 Å². The molecule has 0 aliphatic rings. The number of nitrogens with zero attached hydrogens (tertiary/aromatic N) is 1. The maximum absolute atomic E-state index is 12.2. The summed E-state index contributed by atoms with van der Waals surface area (Å²) in [6, 6.07) is 8.13. The summed E-state index contributed by atoms with van der Waals surface area (Å²) in [4.78, 5) is 12.6. The summed E-state index contributed by atoms with van der Waals surface area (Å²) in [6.45, 7) is 2.11. The highest BCUT2D eigenvalue weighted by Crippen LogP contribution is 2.23. The van der Waals surface area contributed by atoms with E-state index in [4.69, 9.17) is 11.6 Å². The summed E-state index contributed by atoms with van der Waals surface area (Å²) in [7, 11) is -2.04. The van der Waals surface area contributed by atoms with Gasteiger partial charge in [0.25, 0.3) is 5.91 Å². The van der Waals surface area contributed by atoms with Gasteiger partial charge in [0.15, 0.2) is 0 Å². The SMILES string of the molecule is CCN(C)S(=O)(=O)c1csc(C(=O)Nc2cccc(Cl)c2)c1. The molecule has 1 N–H and O–H groups in total. The van der Waals surface area contributed by atoms with Gasteiger partial charge in [0.05, 0.1) is 9.77 Å². The van der Waals surface area contributed by atoms with E-state index in [1.54, 1.807) is 31.2 Å². The molecule has 1 amide bonds. The van der Waals surface area contributed by atoms with Gasteiger partial charge in [-0.15, -0.1) is 11.3 Å². The molecule has 1 aromatic carbocycles. The molecule has 1 heterocycles. The van der Waals surface area contributed by atoms with Crippen LogP contribution in [-0.2, 0) is 10.0 Å². The molecular weight excluding hydrogens is 344 g/mol. The average Bonchev–Trinajstić information content (AvgIpc) is 2.97. The minimum atomic E-state index is -3.54. The van der Waals surface area contributed by atoms with Crippen LogP contribution in [0.3, 0.4) is 0 Å². The zero-order valence-electron chi connectivity index (χ0n) is 12.0. The first kappa shape index (κ1) is 17.0. The lowest BCUT2D eigenvalue weighted by atomic mass is 10.3. The van der Waals surface area contributed by atoms with Crippen LogP contribution in [-0.4, -0.2) is 32.2 Å². The molecule has 0 atom stereocenters. The Kier molecular flexibility index (Phi) is 5.23. The Hall–Kier alpha value is -1.41. The van der Waals surface area contributed by atoms with Gasteiger partial charge in [-0.1, -0.05) is 24.6 Å². The predicted molar refractivity (Wildman–Crippen MR) is 89.2 cm³/mol. The van der Waals surface area contributed by atoms with E-state index < -0.39 is 10.0 Å². The van der Waals surface area contributed by atoms with Crippen molar-refractivity contribution in [2.75, 3.05) is 18.9 Å². The van der Waals surface area contributed by atoms with Crippen LogP contribution >= 0.6 is 22.9 Å². The van der Waals surface area contributed by atoms with Crippen molar-refractivity contribution in [3.05, 3.63) is 45.6 Å². The lowest BCUT2D eigenvalue weighted by molar-refractivity contribution is 0.103. The second kappa shape index (κ2) is 6.78. The number of rotatable bonds is 5. The molecule has 0 aliphatic heterocycles. The topological polar surface area (TPSA) is 66.5 Å². The van der Waals surface area contributed by atoms with Crippen LogP contribution in [0.5, 0.6) is 0 Å². The normalized spacial score (nSPS) is 11.6. The van der Waals surface area contributed by atoms with E-state index in [-0.39, 0.29) is 10.8 Å². The third kappa shape index (κ3) is 3.67. The van der Waals surface area contributed by atoms with E-state index in [1.165, 1.54) is 22.8 Å². The summed E-state index contributed by atoms with van der Waals surface area (Å²) in [5, 5.41) is 4.66. The van der Waals surface area contributed by atoms with Crippen LogP contribution in [0.25, 0.3) is 0 Å². The molecule has 0 bridgehead atoms. The molecule has 0 fully saturated rings. The summed E-state index contributed by atoms with van der Waals surface area (Å²) >= 11 is 6.94. The molecule has 0 unspecified atom stereocenters. The van der Waals surface area contributed by atoms with Crippen LogP contribution < -0.4 is 5.32 Å². The van der Waals surface area contributed by atoms with Crippen molar-refractivity contribution in [1.29, 1.82) is 0 Å². The van der Waals surface area contributed by atoms with E-state index >= 15 is 0 Å². The van der Waals surface area contributed by atoms with E-state index in [0.29, 0.717) is 22.1 Å². The second-order valence-corrected chi connectivity index (χ2v) is 7.92. The molecule has 22 heavy (non-hydrogen) atoms. The van der Waals surface area contributed by atoms with Crippen molar-refractivity contribution >= 4 is 44.6 Å². The van der Waals surface area contributed by atoms with Crippen molar-refractivity contribution in [3.63, 3.8) is 0 Å². The number of benzene rings is 1. The van der Waals surface area contributed by atoms with E-state index in [0.717, 1.165) is 11.3 Å². The molecule has 0 aliphatic carbocycles. The van der Waals surface area contributed by atoms with Crippen molar-refractivity contribution in [3.8, 4) is 0 Å². The van der Waals surface area contributed by atoms with Gasteiger partial charge in [0, 0.05) is 29.7 Å². The van der Waals surface area contributed by atoms with Gasteiger partial charge in [0.1, 0.15) is 0 Å². The van der Waals surface area contributed by atoms with E-state index in [9.17, 15) is 13.2 Å². The fourth-order valence-electron chi connectivity index (χ4n) is 1.68. The van der Waals surface area contributed by atoms with Gasteiger partial charge in [-0.25, -0.2) is 12.7 Å². The van der Waals surface area contributed by atoms with Gasteiger partial charge >= 0.3 is 0 Å². The number of sulfonamides is 1. The third-order valence-electron chi connectivity index (χ3n) is 3.04. The second-order valence-electron chi connectivity index (χ2n) is 4.53. The number of thiophene rings is 1. The van der Waals surface area contributed by atoms with E-state index in [2.05, 4.69) is 5.32 Å². The Balaban J connectivity index is 2.19. The number of carbonyl (C=O) groups excluding carboxylic acids is 1. The Bertz CT molecular complexity index is 787. The number of anilines is 1. The molecule has 1 aromatic heterocycles. The number of nitrogens with one attached hydrogen (secondary N) is 1. The number of hydrogen-bond acceptors (Lipinski definition) is 4. The van der Waals surface area contributed by atoms with E-state index in [1.807, 2.05) is 0 Å². The number of carbonyl (C=O) groups is 1. The largest absolute Gasteiger partial charge is 0.321 e. The van der Waals surface area contributed by atoms with Crippen molar-refractivity contribution in [2.24, 2.45) is 0 Å². The van der Waals surface area contributed by atoms with Crippen LogP contribution in [0.4, 0.5) is 5.69 Å². The molecule has 2 rings (SSSR count).